The third kappa shape index (κ3) is 2.04. The van der Waals surface area contributed by atoms with Gasteiger partial charge in [0.05, 0.1) is 6.04 Å². The number of fused-ring (bicyclic) bond motifs is 1. The van der Waals surface area contributed by atoms with Crippen LogP contribution in [0.1, 0.15) is 50.4 Å². The van der Waals surface area contributed by atoms with Gasteiger partial charge in [-0.25, -0.2) is 4.68 Å². The van der Waals surface area contributed by atoms with Crippen LogP contribution < -0.4 is 5.32 Å². The van der Waals surface area contributed by atoms with Gasteiger partial charge in [-0.2, -0.15) is 10.1 Å². The molecule has 1 fully saturated rings. The standard InChI is InChI=1S/C12H20N4O/c17-8-11-14-12-13-7-6-10(16(12)15-11)9-4-2-1-3-5-9/h9-10,17H,1-8H2,(H,13,14,15). The third-order valence-corrected chi connectivity index (χ3v) is 4.05. The Bertz CT molecular complexity index is 384. The second-order valence-electron chi connectivity index (χ2n) is 5.14. The lowest BCUT2D eigenvalue weighted by Crippen LogP contribution is -2.30. The van der Waals surface area contributed by atoms with Gasteiger partial charge in [-0.3, -0.25) is 0 Å². The summed E-state index contributed by atoms with van der Waals surface area (Å²) < 4.78 is 2.02. The number of aliphatic hydroxyl groups is 1. The molecule has 1 atom stereocenters. The minimum Gasteiger partial charge on any atom is -0.388 e. The van der Waals surface area contributed by atoms with Crippen molar-refractivity contribution in [3.05, 3.63) is 5.82 Å². The van der Waals surface area contributed by atoms with E-state index in [0.29, 0.717) is 11.9 Å². The summed E-state index contributed by atoms with van der Waals surface area (Å²) in [6, 6.07) is 0.486. The number of anilines is 1. The highest BCUT2D eigenvalue weighted by Gasteiger charge is 2.30. The normalized spacial score (nSPS) is 25.4. The molecule has 0 bridgehead atoms. The van der Waals surface area contributed by atoms with Gasteiger partial charge in [0, 0.05) is 6.54 Å². The summed E-state index contributed by atoms with van der Waals surface area (Å²) >= 11 is 0. The fourth-order valence-electron chi connectivity index (χ4n) is 3.19. The molecule has 0 aromatic carbocycles. The van der Waals surface area contributed by atoms with Crippen LogP contribution in [0, 0.1) is 5.92 Å². The summed E-state index contributed by atoms with van der Waals surface area (Å²) in [6.07, 6.45) is 7.85. The Morgan fingerprint density at radius 2 is 2.06 bits per heavy atom. The summed E-state index contributed by atoms with van der Waals surface area (Å²) in [4.78, 5) is 4.31. The maximum absolute atomic E-state index is 9.12. The molecule has 1 aliphatic carbocycles. The second-order valence-corrected chi connectivity index (χ2v) is 5.14. The minimum atomic E-state index is -0.0704. The minimum absolute atomic E-state index is 0.0704. The van der Waals surface area contributed by atoms with Gasteiger partial charge in [-0.15, -0.1) is 0 Å². The number of hydrogen-bond donors (Lipinski definition) is 2. The van der Waals surface area contributed by atoms with Crippen molar-refractivity contribution in [1.82, 2.24) is 14.8 Å². The van der Waals surface area contributed by atoms with Gasteiger partial charge in [0.25, 0.3) is 0 Å². The van der Waals surface area contributed by atoms with Crippen molar-refractivity contribution in [2.24, 2.45) is 5.92 Å². The molecule has 0 spiro atoms. The number of hydrogen-bond acceptors (Lipinski definition) is 4. The Morgan fingerprint density at radius 1 is 1.24 bits per heavy atom. The SMILES string of the molecule is OCc1nc2n(n1)C(C1CCCCC1)CCN2. The molecule has 3 rings (SSSR count). The van der Waals surface area contributed by atoms with Crippen LogP contribution in [0.15, 0.2) is 0 Å². The molecule has 2 aliphatic rings. The van der Waals surface area contributed by atoms with E-state index in [4.69, 9.17) is 5.11 Å². The van der Waals surface area contributed by atoms with Crippen LogP contribution in [0.25, 0.3) is 0 Å². The highest BCUT2D eigenvalue weighted by Crippen LogP contribution is 2.37. The zero-order chi connectivity index (χ0) is 11.7. The number of aliphatic hydroxyl groups excluding tert-OH is 1. The van der Waals surface area contributed by atoms with Crippen LogP contribution >= 0.6 is 0 Å². The van der Waals surface area contributed by atoms with Gasteiger partial charge in [0.15, 0.2) is 5.82 Å². The Labute approximate surface area is 101 Å². The van der Waals surface area contributed by atoms with Gasteiger partial charge in [-0.1, -0.05) is 19.3 Å². The predicted octanol–water partition coefficient (Wildman–Crippen LogP) is 1.71. The van der Waals surface area contributed by atoms with Crippen LogP contribution in [0.5, 0.6) is 0 Å². The zero-order valence-electron chi connectivity index (χ0n) is 10.1. The Kier molecular flexibility index (Phi) is 3.01. The molecule has 1 saturated carbocycles. The first kappa shape index (κ1) is 11.0. The molecular formula is C12H20N4O. The van der Waals surface area contributed by atoms with Gasteiger partial charge in [-0.05, 0) is 25.2 Å². The van der Waals surface area contributed by atoms with Crippen molar-refractivity contribution >= 4 is 5.95 Å². The number of aromatic nitrogens is 3. The van der Waals surface area contributed by atoms with E-state index in [1.165, 1.54) is 32.1 Å². The van der Waals surface area contributed by atoms with Gasteiger partial charge in [0.2, 0.25) is 5.95 Å². The number of rotatable bonds is 2. The largest absolute Gasteiger partial charge is 0.388 e. The number of nitrogens with zero attached hydrogens (tertiary/aromatic N) is 3. The maximum Gasteiger partial charge on any atom is 0.221 e. The van der Waals surface area contributed by atoms with Crippen LogP contribution in [-0.4, -0.2) is 26.4 Å². The van der Waals surface area contributed by atoms with E-state index in [9.17, 15) is 0 Å². The third-order valence-electron chi connectivity index (χ3n) is 4.05. The lowest BCUT2D eigenvalue weighted by molar-refractivity contribution is 0.218. The molecular weight excluding hydrogens is 216 g/mol. The topological polar surface area (TPSA) is 63.0 Å². The first-order chi connectivity index (χ1) is 8.38. The molecule has 5 nitrogen and oxygen atoms in total. The maximum atomic E-state index is 9.12. The zero-order valence-corrected chi connectivity index (χ0v) is 10.1. The molecule has 0 saturated heterocycles. The molecule has 1 aromatic rings. The molecule has 1 aliphatic heterocycles. The quantitative estimate of drug-likeness (QED) is 0.820. The van der Waals surface area contributed by atoms with E-state index in [1.54, 1.807) is 0 Å². The van der Waals surface area contributed by atoms with Crippen LogP contribution in [0.4, 0.5) is 5.95 Å². The summed E-state index contributed by atoms with van der Waals surface area (Å²) in [5, 5.41) is 16.8. The van der Waals surface area contributed by atoms with Crippen molar-refractivity contribution < 1.29 is 5.11 Å². The fraction of sp³-hybridized carbons (Fsp3) is 0.833. The molecule has 2 N–H and O–H groups in total. The average molecular weight is 236 g/mol. The Morgan fingerprint density at radius 3 is 2.82 bits per heavy atom. The molecule has 1 unspecified atom stereocenters. The number of nitrogens with one attached hydrogen (secondary N) is 1. The predicted molar refractivity (Wildman–Crippen MR) is 64.7 cm³/mol. The van der Waals surface area contributed by atoms with Crippen molar-refractivity contribution in [3.8, 4) is 0 Å². The Hall–Kier alpha value is -1.10. The Balaban J connectivity index is 1.84. The van der Waals surface area contributed by atoms with E-state index >= 15 is 0 Å². The van der Waals surface area contributed by atoms with Crippen LogP contribution in [0.2, 0.25) is 0 Å². The van der Waals surface area contributed by atoms with Crippen LogP contribution in [-0.2, 0) is 6.61 Å². The summed E-state index contributed by atoms with van der Waals surface area (Å²) in [6.45, 7) is 0.907. The second kappa shape index (κ2) is 4.64. The van der Waals surface area contributed by atoms with E-state index < -0.39 is 0 Å². The molecule has 0 amide bonds. The lowest BCUT2D eigenvalue weighted by atomic mass is 9.82. The smallest absolute Gasteiger partial charge is 0.221 e. The van der Waals surface area contributed by atoms with Crippen molar-refractivity contribution in [2.75, 3.05) is 11.9 Å². The monoisotopic (exact) mass is 236 g/mol. The summed E-state index contributed by atoms with van der Waals surface area (Å²) in [5.74, 6) is 2.13. The van der Waals surface area contributed by atoms with Gasteiger partial charge in [0.1, 0.15) is 6.61 Å². The molecule has 17 heavy (non-hydrogen) atoms. The van der Waals surface area contributed by atoms with E-state index in [0.717, 1.165) is 24.8 Å². The lowest BCUT2D eigenvalue weighted by Gasteiger charge is -2.33. The molecule has 94 valence electrons. The van der Waals surface area contributed by atoms with E-state index in [-0.39, 0.29) is 6.61 Å². The molecule has 2 heterocycles. The highest BCUT2D eigenvalue weighted by atomic mass is 16.3. The molecule has 5 heteroatoms. The summed E-state index contributed by atoms with van der Waals surface area (Å²) in [7, 11) is 0. The van der Waals surface area contributed by atoms with E-state index in [2.05, 4.69) is 15.4 Å². The van der Waals surface area contributed by atoms with Gasteiger partial charge >= 0.3 is 0 Å². The van der Waals surface area contributed by atoms with Crippen molar-refractivity contribution in [1.29, 1.82) is 0 Å². The molecule has 1 aromatic heterocycles. The van der Waals surface area contributed by atoms with Crippen LogP contribution in [0.3, 0.4) is 0 Å². The van der Waals surface area contributed by atoms with Gasteiger partial charge < -0.3 is 10.4 Å². The average Bonchev–Trinajstić information content (AvgIpc) is 2.82. The fourth-order valence-corrected chi connectivity index (χ4v) is 3.19. The van der Waals surface area contributed by atoms with Crippen molar-refractivity contribution in [3.63, 3.8) is 0 Å². The van der Waals surface area contributed by atoms with E-state index in [1.807, 2.05) is 4.68 Å². The van der Waals surface area contributed by atoms with Crippen molar-refractivity contribution in [2.45, 2.75) is 51.2 Å². The summed E-state index contributed by atoms with van der Waals surface area (Å²) in [5.41, 5.74) is 0. The highest BCUT2D eigenvalue weighted by molar-refractivity contribution is 5.28. The molecule has 0 radical (unpaired) electrons. The first-order valence-electron chi connectivity index (χ1n) is 6.68. The first-order valence-corrected chi connectivity index (χ1v) is 6.68.